The number of hydrogen-bond acceptors (Lipinski definition) is 3. The quantitative estimate of drug-likeness (QED) is 0.871. The molecule has 1 aromatic rings. The van der Waals surface area contributed by atoms with E-state index in [9.17, 15) is 5.11 Å². The average Bonchev–Trinajstić information content (AvgIpc) is 2.46. The number of para-hydroxylation sites is 1. The van der Waals surface area contributed by atoms with E-state index in [1.807, 2.05) is 18.2 Å². The molecule has 0 aromatic heterocycles. The van der Waals surface area contributed by atoms with Crippen LogP contribution in [0.3, 0.4) is 0 Å². The predicted octanol–water partition coefficient (Wildman–Crippen LogP) is 3.30. The maximum Gasteiger partial charge on any atom is 0.101 e. The number of hydrogen-bond donors (Lipinski definition) is 2. The molecule has 19 heavy (non-hydrogen) atoms. The SMILES string of the molecule is CCC1CCC(O)(CNc2ccccc2C#N)CC1. The van der Waals surface area contributed by atoms with Gasteiger partial charge in [0.15, 0.2) is 0 Å². The number of rotatable bonds is 4. The third-order valence-electron chi connectivity index (χ3n) is 4.27. The molecule has 0 bridgehead atoms. The van der Waals surface area contributed by atoms with Crippen molar-refractivity contribution >= 4 is 5.69 Å². The molecule has 0 heterocycles. The van der Waals surface area contributed by atoms with Crippen LogP contribution >= 0.6 is 0 Å². The smallest absolute Gasteiger partial charge is 0.101 e. The second-order valence-corrected chi connectivity index (χ2v) is 5.59. The second-order valence-electron chi connectivity index (χ2n) is 5.59. The number of anilines is 1. The Morgan fingerprint density at radius 2 is 2.05 bits per heavy atom. The van der Waals surface area contributed by atoms with Crippen molar-refractivity contribution in [3.05, 3.63) is 29.8 Å². The first-order valence-electron chi connectivity index (χ1n) is 7.12. The van der Waals surface area contributed by atoms with Crippen LogP contribution in [0, 0.1) is 17.2 Å². The maximum absolute atomic E-state index is 10.6. The Morgan fingerprint density at radius 3 is 2.68 bits per heavy atom. The molecule has 1 aromatic carbocycles. The highest BCUT2D eigenvalue weighted by Crippen LogP contribution is 2.33. The Bertz CT molecular complexity index is 456. The van der Waals surface area contributed by atoms with Crippen LogP contribution in [-0.4, -0.2) is 17.3 Å². The highest BCUT2D eigenvalue weighted by Gasteiger charge is 2.32. The molecule has 1 aliphatic carbocycles. The number of aliphatic hydroxyl groups is 1. The lowest BCUT2D eigenvalue weighted by atomic mass is 9.78. The Hall–Kier alpha value is -1.53. The number of nitrogens with one attached hydrogen (secondary N) is 1. The molecule has 0 unspecified atom stereocenters. The molecular weight excluding hydrogens is 236 g/mol. The van der Waals surface area contributed by atoms with Gasteiger partial charge in [0.05, 0.1) is 16.9 Å². The summed E-state index contributed by atoms with van der Waals surface area (Å²) in [6, 6.07) is 9.60. The van der Waals surface area contributed by atoms with Gasteiger partial charge in [-0.1, -0.05) is 25.5 Å². The lowest BCUT2D eigenvalue weighted by Crippen LogP contribution is -2.40. The summed E-state index contributed by atoms with van der Waals surface area (Å²) in [7, 11) is 0. The highest BCUT2D eigenvalue weighted by molar-refractivity contribution is 5.57. The van der Waals surface area contributed by atoms with E-state index < -0.39 is 5.60 Å². The Morgan fingerprint density at radius 1 is 1.37 bits per heavy atom. The van der Waals surface area contributed by atoms with E-state index in [2.05, 4.69) is 18.3 Å². The van der Waals surface area contributed by atoms with Gasteiger partial charge >= 0.3 is 0 Å². The molecule has 1 saturated carbocycles. The summed E-state index contributed by atoms with van der Waals surface area (Å²) in [4.78, 5) is 0. The molecule has 0 spiro atoms. The summed E-state index contributed by atoms with van der Waals surface area (Å²) in [6.07, 6.45) is 5.13. The van der Waals surface area contributed by atoms with E-state index in [1.54, 1.807) is 6.07 Å². The topological polar surface area (TPSA) is 56.0 Å². The third kappa shape index (κ3) is 3.48. The van der Waals surface area contributed by atoms with Gasteiger partial charge in [-0.2, -0.15) is 5.26 Å². The van der Waals surface area contributed by atoms with Crippen LogP contribution < -0.4 is 5.32 Å². The highest BCUT2D eigenvalue weighted by atomic mass is 16.3. The molecule has 2 rings (SSSR count). The van der Waals surface area contributed by atoms with Crippen molar-refractivity contribution in [3.8, 4) is 6.07 Å². The summed E-state index contributed by atoms with van der Waals surface area (Å²) in [5, 5.41) is 22.8. The maximum atomic E-state index is 10.6. The molecule has 0 saturated heterocycles. The number of benzene rings is 1. The zero-order chi connectivity index (χ0) is 13.7. The normalized spacial score (nSPS) is 26.7. The van der Waals surface area contributed by atoms with E-state index in [4.69, 9.17) is 5.26 Å². The lowest BCUT2D eigenvalue weighted by molar-refractivity contribution is 0.00229. The molecule has 0 aliphatic heterocycles. The first kappa shape index (κ1) is 13.9. The third-order valence-corrected chi connectivity index (χ3v) is 4.27. The minimum absolute atomic E-state index is 0.530. The Balaban J connectivity index is 1.94. The molecule has 1 aliphatic rings. The largest absolute Gasteiger partial charge is 0.388 e. The zero-order valence-electron chi connectivity index (χ0n) is 11.5. The second kappa shape index (κ2) is 6.08. The fraction of sp³-hybridized carbons (Fsp3) is 0.562. The van der Waals surface area contributed by atoms with Crippen LogP contribution in [-0.2, 0) is 0 Å². The monoisotopic (exact) mass is 258 g/mol. The first-order chi connectivity index (χ1) is 9.17. The Kier molecular flexibility index (Phi) is 4.44. The van der Waals surface area contributed by atoms with Crippen molar-refractivity contribution in [3.63, 3.8) is 0 Å². The minimum Gasteiger partial charge on any atom is -0.388 e. The molecule has 0 amide bonds. The molecule has 3 heteroatoms. The van der Waals surface area contributed by atoms with Gasteiger partial charge in [-0.25, -0.2) is 0 Å². The van der Waals surface area contributed by atoms with Crippen LogP contribution in [0.1, 0.15) is 44.6 Å². The number of nitriles is 1. The summed E-state index contributed by atoms with van der Waals surface area (Å²) >= 11 is 0. The molecule has 102 valence electrons. The van der Waals surface area contributed by atoms with Crippen LogP contribution in [0.25, 0.3) is 0 Å². The molecule has 3 nitrogen and oxygen atoms in total. The average molecular weight is 258 g/mol. The zero-order valence-corrected chi connectivity index (χ0v) is 11.5. The van der Waals surface area contributed by atoms with Gasteiger partial charge in [-0.15, -0.1) is 0 Å². The van der Waals surface area contributed by atoms with E-state index in [0.29, 0.717) is 12.1 Å². The van der Waals surface area contributed by atoms with Crippen molar-refractivity contribution in [2.75, 3.05) is 11.9 Å². The molecule has 2 N–H and O–H groups in total. The Labute approximate surface area is 115 Å². The van der Waals surface area contributed by atoms with Crippen molar-refractivity contribution in [2.24, 2.45) is 5.92 Å². The lowest BCUT2D eigenvalue weighted by Gasteiger charge is -2.36. The molecular formula is C16H22N2O. The van der Waals surface area contributed by atoms with Crippen molar-refractivity contribution < 1.29 is 5.11 Å². The van der Waals surface area contributed by atoms with E-state index in [-0.39, 0.29) is 0 Å². The van der Waals surface area contributed by atoms with Crippen LogP contribution in [0.4, 0.5) is 5.69 Å². The predicted molar refractivity (Wildman–Crippen MR) is 76.8 cm³/mol. The van der Waals surface area contributed by atoms with Gasteiger partial charge in [0.2, 0.25) is 0 Å². The van der Waals surface area contributed by atoms with Gasteiger partial charge in [0.25, 0.3) is 0 Å². The van der Waals surface area contributed by atoms with Gasteiger partial charge in [-0.3, -0.25) is 0 Å². The van der Waals surface area contributed by atoms with E-state index >= 15 is 0 Å². The standard InChI is InChI=1S/C16H22N2O/c1-2-13-7-9-16(19,10-8-13)12-18-15-6-4-3-5-14(15)11-17/h3-6,13,18-19H,2,7-10,12H2,1H3. The van der Waals surface area contributed by atoms with E-state index in [1.165, 1.54) is 6.42 Å². The van der Waals surface area contributed by atoms with Crippen molar-refractivity contribution in [1.29, 1.82) is 5.26 Å². The molecule has 0 radical (unpaired) electrons. The van der Waals surface area contributed by atoms with Gasteiger partial charge in [-0.05, 0) is 43.7 Å². The van der Waals surface area contributed by atoms with Crippen LogP contribution in [0.15, 0.2) is 24.3 Å². The first-order valence-corrected chi connectivity index (χ1v) is 7.12. The minimum atomic E-state index is -0.617. The van der Waals surface area contributed by atoms with Gasteiger partial charge in [0, 0.05) is 6.54 Å². The fourth-order valence-electron chi connectivity index (χ4n) is 2.79. The van der Waals surface area contributed by atoms with E-state index in [0.717, 1.165) is 37.3 Å². The van der Waals surface area contributed by atoms with Gasteiger partial charge < -0.3 is 10.4 Å². The van der Waals surface area contributed by atoms with Crippen molar-refractivity contribution in [1.82, 2.24) is 0 Å². The summed E-state index contributed by atoms with van der Waals surface area (Å²) in [5.74, 6) is 0.770. The summed E-state index contributed by atoms with van der Waals surface area (Å²) in [6.45, 7) is 2.75. The number of nitrogens with zero attached hydrogens (tertiary/aromatic N) is 1. The molecule has 0 atom stereocenters. The van der Waals surface area contributed by atoms with Gasteiger partial charge in [0.1, 0.15) is 6.07 Å². The van der Waals surface area contributed by atoms with Crippen LogP contribution in [0.2, 0.25) is 0 Å². The fourth-order valence-corrected chi connectivity index (χ4v) is 2.79. The molecule has 1 fully saturated rings. The van der Waals surface area contributed by atoms with Crippen LogP contribution in [0.5, 0.6) is 0 Å². The van der Waals surface area contributed by atoms with Crippen molar-refractivity contribution in [2.45, 2.75) is 44.6 Å². The summed E-state index contributed by atoms with van der Waals surface area (Å²) < 4.78 is 0. The summed E-state index contributed by atoms with van der Waals surface area (Å²) in [5.41, 5.74) is 0.832.